The van der Waals surface area contributed by atoms with Crippen molar-refractivity contribution in [1.29, 1.82) is 0 Å². The van der Waals surface area contributed by atoms with E-state index in [1.807, 2.05) is 37.3 Å². The number of methoxy groups -OCH3 is 1. The maximum absolute atomic E-state index is 12.6. The molecular formula is C17H21NO3. The van der Waals surface area contributed by atoms with Gasteiger partial charge in [0.15, 0.2) is 0 Å². The van der Waals surface area contributed by atoms with Crippen LogP contribution in [0.5, 0.6) is 0 Å². The van der Waals surface area contributed by atoms with Gasteiger partial charge in [-0.15, -0.1) is 0 Å². The SMILES string of the molecule is C=C(C)[C@H]1CCN(Cc2ccccc2)C(=O)[C@@H]1C(=O)OC. The summed E-state index contributed by atoms with van der Waals surface area (Å²) in [5.41, 5.74) is 1.92. The molecule has 0 aliphatic carbocycles. The zero-order valence-electron chi connectivity index (χ0n) is 12.5. The molecule has 0 N–H and O–H groups in total. The molecule has 4 heteroatoms. The molecular weight excluding hydrogens is 266 g/mol. The average molecular weight is 287 g/mol. The zero-order chi connectivity index (χ0) is 15.4. The number of nitrogens with zero attached hydrogens (tertiary/aromatic N) is 1. The van der Waals surface area contributed by atoms with Crippen molar-refractivity contribution in [2.24, 2.45) is 11.8 Å². The van der Waals surface area contributed by atoms with Crippen LogP contribution >= 0.6 is 0 Å². The van der Waals surface area contributed by atoms with Crippen molar-refractivity contribution in [2.45, 2.75) is 19.9 Å². The van der Waals surface area contributed by atoms with E-state index in [2.05, 4.69) is 6.58 Å². The van der Waals surface area contributed by atoms with Gasteiger partial charge in [0, 0.05) is 19.0 Å². The molecule has 2 rings (SSSR count). The van der Waals surface area contributed by atoms with E-state index < -0.39 is 11.9 Å². The molecule has 2 atom stereocenters. The van der Waals surface area contributed by atoms with Gasteiger partial charge in [-0.05, 0) is 18.9 Å². The molecule has 0 unspecified atom stereocenters. The fraction of sp³-hybridized carbons (Fsp3) is 0.412. The smallest absolute Gasteiger partial charge is 0.318 e. The quantitative estimate of drug-likeness (QED) is 0.485. The Kier molecular flexibility index (Phi) is 4.78. The van der Waals surface area contributed by atoms with Crippen LogP contribution in [0.15, 0.2) is 42.5 Å². The summed E-state index contributed by atoms with van der Waals surface area (Å²) < 4.78 is 4.81. The highest BCUT2D eigenvalue weighted by Gasteiger charge is 2.42. The molecule has 1 amide bonds. The number of ether oxygens (including phenoxy) is 1. The molecule has 1 aromatic rings. The Morgan fingerprint density at radius 3 is 2.62 bits per heavy atom. The molecule has 4 nitrogen and oxygen atoms in total. The average Bonchev–Trinajstić information content (AvgIpc) is 2.49. The summed E-state index contributed by atoms with van der Waals surface area (Å²) in [6.45, 7) is 6.93. The number of carbonyl (C=O) groups excluding carboxylic acids is 2. The molecule has 1 fully saturated rings. The predicted octanol–water partition coefficient (Wildman–Crippen LogP) is 2.40. The summed E-state index contributed by atoms with van der Waals surface area (Å²) in [6, 6.07) is 9.78. The van der Waals surface area contributed by atoms with E-state index in [9.17, 15) is 9.59 Å². The topological polar surface area (TPSA) is 46.6 Å². The second-order valence-corrected chi connectivity index (χ2v) is 5.49. The first-order valence-corrected chi connectivity index (χ1v) is 7.10. The largest absolute Gasteiger partial charge is 0.468 e. The van der Waals surface area contributed by atoms with Crippen molar-refractivity contribution in [3.05, 3.63) is 48.0 Å². The molecule has 21 heavy (non-hydrogen) atoms. The van der Waals surface area contributed by atoms with Crippen LogP contribution in [0.2, 0.25) is 0 Å². The lowest BCUT2D eigenvalue weighted by molar-refractivity contribution is -0.158. The van der Waals surface area contributed by atoms with E-state index in [4.69, 9.17) is 4.74 Å². The number of rotatable bonds is 4. The highest BCUT2D eigenvalue weighted by Crippen LogP contribution is 2.31. The maximum Gasteiger partial charge on any atom is 0.318 e. The van der Waals surface area contributed by atoms with Gasteiger partial charge in [-0.25, -0.2) is 0 Å². The Labute approximate surface area is 125 Å². The van der Waals surface area contributed by atoms with Gasteiger partial charge in [0.1, 0.15) is 5.92 Å². The van der Waals surface area contributed by atoms with E-state index in [1.165, 1.54) is 7.11 Å². The number of likely N-dealkylation sites (tertiary alicyclic amines) is 1. The fourth-order valence-electron chi connectivity index (χ4n) is 2.82. The van der Waals surface area contributed by atoms with Gasteiger partial charge in [-0.1, -0.05) is 42.5 Å². The van der Waals surface area contributed by atoms with Crippen molar-refractivity contribution in [2.75, 3.05) is 13.7 Å². The first-order valence-electron chi connectivity index (χ1n) is 7.10. The number of esters is 1. The molecule has 1 aliphatic rings. The number of piperidine rings is 1. The van der Waals surface area contributed by atoms with Crippen LogP contribution in [0.1, 0.15) is 18.9 Å². The van der Waals surface area contributed by atoms with Crippen molar-refractivity contribution >= 4 is 11.9 Å². The molecule has 1 aromatic carbocycles. The Morgan fingerprint density at radius 1 is 1.38 bits per heavy atom. The lowest BCUT2D eigenvalue weighted by Crippen LogP contribution is -2.48. The number of hydrogen-bond acceptors (Lipinski definition) is 3. The molecule has 0 spiro atoms. The highest BCUT2D eigenvalue weighted by molar-refractivity contribution is 5.99. The predicted molar refractivity (Wildman–Crippen MR) is 80.3 cm³/mol. The standard InChI is InChI=1S/C17H21NO3/c1-12(2)14-9-10-18(11-13-7-5-4-6-8-13)16(19)15(14)17(20)21-3/h4-8,14-15H,1,9-11H2,2-3H3/t14-,15-/m1/s1. The van der Waals surface area contributed by atoms with Gasteiger partial charge in [0.2, 0.25) is 5.91 Å². The Bertz CT molecular complexity index is 538. The third kappa shape index (κ3) is 3.32. The normalized spacial score (nSPS) is 22.0. The summed E-state index contributed by atoms with van der Waals surface area (Å²) in [6.07, 6.45) is 0.744. The number of carbonyl (C=O) groups is 2. The summed E-state index contributed by atoms with van der Waals surface area (Å²) in [4.78, 5) is 26.3. The summed E-state index contributed by atoms with van der Waals surface area (Å²) in [7, 11) is 1.32. The number of hydrogen-bond donors (Lipinski definition) is 0. The Morgan fingerprint density at radius 2 is 2.05 bits per heavy atom. The number of allylic oxidation sites excluding steroid dienone is 1. The molecule has 0 saturated carbocycles. The van der Waals surface area contributed by atoms with Crippen LogP contribution in [-0.4, -0.2) is 30.4 Å². The van der Waals surface area contributed by atoms with Gasteiger partial charge in [0.05, 0.1) is 7.11 Å². The monoisotopic (exact) mass is 287 g/mol. The van der Waals surface area contributed by atoms with Crippen LogP contribution in [0.3, 0.4) is 0 Å². The first-order chi connectivity index (χ1) is 10.0. The van der Waals surface area contributed by atoms with Crippen LogP contribution in [-0.2, 0) is 20.9 Å². The number of amides is 1. The zero-order valence-corrected chi connectivity index (χ0v) is 12.5. The van der Waals surface area contributed by atoms with Gasteiger partial charge >= 0.3 is 5.97 Å². The molecule has 0 radical (unpaired) electrons. The van der Waals surface area contributed by atoms with Crippen molar-refractivity contribution in [3.63, 3.8) is 0 Å². The minimum Gasteiger partial charge on any atom is -0.468 e. The third-order valence-electron chi connectivity index (χ3n) is 3.99. The van der Waals surface area contributed by atoms with Gasteiger partial charge in [-0.2, -0.15) is 0 Å². The van der Waals surface area contributed by atoms with Crippen LogP contribution in [0.4, 0.5) is 0 Å². The van der Waals surface area contributed by atoms with E-state index in [0.717, 1.165) is 17.6 Å². The molecule has 0 aromatic heterocycles. The highest BCUT2D eigenvalue weighted by atomic mass is 16.5. The van der Waals surface area contributed by atoms with E-state index in [0.29, 0.717) is 13.1 Å². The Balaban J connectivity index is 2.18. The number of benzene rings is 1. The van der Waals surface area contributed by atoms with Gasteiger partial charge in [-0.3, -0.25) is 9.59 Å². The van der Waals surface area contributed by atoms with Crippen molar-refractivity contribution in [1.82, 2.24) is 4.90 Å². The molecule has 0 bridgehead atoms. The lowest BCUT2D eigenvalue weighted by Gasteiger charge is -2.36. The van der Waals surface area contributed by atoms with Crippen molar-refractivity contribution < 1.29 is 14.3 Å². The second-order valence-electron chi connectivity index (χ2n) is 5.49. The van der Waals surface area contributed by atoms with Crippen LogP contribution in [0.25, 0.3) is 0 Å². The summed E-state index contributed by atoms with van der Waals surface area (Å²) in [5, 5.41) is 0. The van der Waals surface area contributed by atoms with Crippen molar-refractivity contribution in [3.8, 4) is 0 Å². The fourth-order valence-corrected chi connectivity index (χ4v) is 2.82. The minimum absolute atomic E-state index is 0.128. The molecule has 1 saturated heterocycles. The lowest BCUT2D eigenvalue weighted by atomic mass is 9.80. The van der Waals surface area contributed by atoms with E-state index >= 15 is 0 Å². The van der Waals surface area contributed by atoms with Gasteiger partial charge in [0.25, 0.3) is 0 Å². The minimum atomic E-state index is -0.759. The van der Waals surface area contributed by atoms with E-state index in [-0.39, 0.29) is 11.8 Å². The molecule has 112 valence electrons. The summed E-state index contributed by atoms with van der Waals surface area (Å²) >= 11 is 0. The third-order valence-corrected chi connectivity index (χ3v) is 3.99. The molecule has 1 aliphatic heterocycles. The van der Waals surface area contributed by atoms with Gasteiger partial charge < -0.3 is 9.64 Å². The molecule has 1 heterocycles. The van der Waals surface area contributed by atoms with E-state index in [1.54, 1.807) is 4.90 Å². The maximum atomic E-state index is 12.6. The Hall–Kier alpha value is -2.10. The summed E-state index contributed by atoms with van der Waals surface area (Å²) in [5.74, 6) is -1.52. The second kappa shape index (κ2) is 6.57. The first kappa shape index (κ1) is 15.3. The van der Waals surface area contributed by atoms with Crippen LogP contribution < -0.4 is 0 Å². The van der Waals surface area contributed by atoms with Crippen LogP contribution in [0, 0.1) is 11.8 Å².